The summed E-state index contributed by atoms with van der Waals surface area (Å²) < 4.78 is 0. The first kappa shape index (κ1) is 20.9. The van der Waals surface area contributed by atoms with Crippen molar-refractivity contribution in [3.8, 4) is 0 Å². The summed E-state index contributed by atoms with van der Waals surface area (Å²) in [5, 5.41) is 4.42. The highest BCUT2D eigenvalue weighted by atomic mass is 31.2. The average molecular weight is 428 g/mol. The Labute approximate surface area is 181 Å². The number of benzene rings is 4. The molecule has 2 nitrogen and oxygen atoms in total. The Morgan fingerprint density at radius 1 is 0.467 bits per heavy atom. The predicted octanol–water partition coefficient (Wildman–Crippen LogP) is 3.82. The molecule has 4 aromatic rings. The zero-order valence-corrected chi connectivity index (χ0v) is 18.6. The summed E-state index contributed by atoms with van der Waals surface area (Å²) in [4.78, 5) is 0. The molecular weight excluding hydrogens is 402 g/mol. The molecule has 0 atom stereocenters. The van der Waals surface area contributed by atoms with Crippen LogP contribution in [0.15, 0.2) is 121 Å². The van der Waals surface area contributed by atoms with E-state index >= 15 is 0 Å². The molecular formula is C26H26N2P2. The molecule has 0 aliphatic rings. The van der Waals surface area contributed by atoms with Gasteiger partial charge in [-0.2, -0.15) is 0 Å². The van der Waals surface area contributed by atoms with Crippen LogP contribution >= 0.6 is 15.8 Å². The van der Waals surface area contributed by atoms with Gasteiger partial charge in [0.2, 0.25) is 0 Å². The zero-order valence-electron chi connectivity index (χ0n) is 16.8. The minimum absolute atomic E-state index is 0.401. The summed E-state index contributed by atoms with van der Waals surface area (Å²) >= 11 is 0. The van der Waals surface area contributed by atoms with Crippen LogP contribution in [0.3, 0.4) is 0 Å². The van der Waals surface area contributed by atoms with E-state index in [4.69, 9.17) is 11.5 Å². The summed E-state index contributed by atoms with van der Waals surface area (Å²) in [6.07, 6.45) is 0. The van der Waals surface area contributed by atoms with Gasteiger partial charge in [-0.25, -0.2) is 0 Å². The molecule has 0 radical (unpaired) electrons. The fourth-order valence-electron chi connectivity index (χ4n) is 3.78. The van der Waals surface area contributed by atoms with Gasteiger partial charge in [0.1, 0.15) is 0 Å². The third-order valence-corrected chi connectivity index (χ3v) is 11.5. The van der Waals surface area contributed by atoms with Crippen molar-refractivity contribution in [1.82, 2.24) is 0 Å². The van der Waals surface area contributed by atoms with Crippen molar-refractivity contribution in [2.75, 3.05) is 6.54 Å². The highest BCUT2D eigenvalue weighted by Gasteiger charge is 2.44. The normalized spacial score (nSPS) is 11.7. The zero-order chi connectivity index (χ0) is 20.8. The Morgan fingerprint density at radius 3 is 0.900 bits per heavy atom. The lowest BCUT2D eigenvalue weighted by atomic mass is 10.4. The number of nitrogens with two attached hydrogens (primary N) is 2. The van der Waals surface area contributed by atoms with E-state index in [9.17, 15) is 0 Å². The molecule has 4 heteroatoms. The third kappa shape index (κ3) is 4.24. The van der Waals surface area contributed by atoms with Crippen molar-refractivity contribution < 1.29 is 0 Å². The van der Waals surface area contributed by atoms with Crippen molar-refractivity contribution in [3.63, 3.8) is 0 Å². The van der Waals surface area contributed by atoms with Crippen LogP contribution in [0.1, 0.15) is 0 Å². The van der Waals surface area contributed by atoms with Gasteiger partial charge in [0.25, 0.3) is 0 Å². The lowest BCUT2D eigenvalue weighted by molar-refractivity contribution is 0.835. The van der Waals surface area contributed by atoms with Crippen LogP contribution in [0.4, 0.5) is 0 Å². The van der Waals surface area contributed by atoms with Crippen molar-refractivity contribution in [3.05, 3.63) is 121 Å². The second-order valence-corrected chi connectivity index (χ2v) is 12.5. The molecule has 0 aliphatic carbocycles. The maximum absolute atomic E-state index is 7.45. The molecule has 0 bridgehead atoms. The highest BCUT2D eigenvalue weighted by molar-refractivity contribution is 7.90. The molecule has 0 amide bonds. The van der Waals surface area contributed by atoms with E-state index in [1.165, 1.54) is 21.2 Å². The summed E-state index contributed by atoms with van der Waals surface area (Å²) in [5.41, 5.74) is 14.0. The van der Waals surface area contributed by atoms with Gasteiger partial charge in [-0.1, -0.05) is 121 Å². The maximum Gasteiger partial charge on any atom is 0.0842 e. The fraction of sp³-hybridized carbons (Fsp3) is 0.0769. The van der Waals surface area contributed by atoms with Gasteiger partial charge in [-0.15, -0.1) is 0 Å². The van der Waals surface area contributed by atoms with Crippen LogP contribution in [-0.4, -0.2) is 11.6 Å². The van der Waals surface area contributed by atoms with Gasteiger partial charge in [-0.05, 0) is 37.1 Å². The summed E-state index contributed by atoms with van der Waals surface area (Å²) in [6.45, 7) is 0.401. The Hall–Kier alpha value is -2.34. The molecule has 150 valence electrons. The van der Waals surface area contributed by atoms with Gasteiger partial charge < -0.3 is 11.5 Å². The van der Waals surface area contributed by atoms with Gasteiger partial charge in [0.15, 0.2) is 0 Å². The van der Waals surface area contributed by atoms with Crippen molar-refractivity contribution in [2.45, 2.75) is 5.02 Å². The number of hydrogen-bond donors (Lipinski definition) is 2. The Morgan fingerprint density at radius 2 is 0.700 bits per heavy atom. The van der Waals surface area contributed by atoms with Gasteiger partial charge in [0, 0.05) is 6.54 Å². The first-order chi connectivity index (χ1) is 14.7. The van der Waals surface area contributed by atoms with Crippen LogP contribution in [0.5, 0.6) is 0 Å². The second-order valence-electron chi connectivity index (χ2n) is 7.10. The molecule has 0 spiro atoms. The molecule has 0 aliphatic heterocycles. The maximum atomic E-state index is 7.45. The van der Waals surface area contributed by atoms with E-state index in [2.05, 4.69) is 121 Å². The Bertz CT molecular complexity index is 879. The highest BCUT2D eigenvalue weighted by Crippen LogP contribution is 2.61. The molecule has 0 fully saturated rings. The fourth-order valence-corrected chi connectivity index (χ4v) is 10.6. The van der Waals surface area contributed by atoms with E-state index < -0.39 is 20.9 Å². The summed E-state index contributed by atoms with van der Waals surface area (Å²) in [6, 6.07) is 42.5. The molecule has 4 N–H and O–H groups in total. The Balaban J connectivity index is 1.95. The quantitative estimate of drug-likeness (QED) is 0.440. The molecule has 0 aromatic heterocycles. The first-order valence-corrected chi connectivity index (χ1v) is 12.7. The van der Waals surface area contributed by atoms with Crippen LogP contribution in [0.25, 0.3) is 0 Å². The van der Waals surface area contributed by atoms with E-state index in [-0.39, 0.29) is 0 Å². The Kier molecular flexibility index (Phi) is 6.72. The molecule has 0 unspecified atom stereocenters. The van der Waals surface area contributed by atoms with E-state index in [0.717, 1.165) is 0 Å². The lowest BCUT2D eigenvalue weighted by Crippen LogP contribution is -2.51. The van der Waals surface area contributed by atoms with Crippen LogP contribution in [-0.2, 0) is 0 Å². The molecule has 4 rings (SSSR count). The predicted molar refractivity (Wildman–Crippen MR) is 134 cm³/mol. The molecule has 0 saturated carbocycles. The van der Waals surface area contributed by atoms with Crippen LogP contribution in [0, 0.1) is 0 Å². The van der Waals surface area contributed by atoms with Gasteiger partial charge in [-0.3, -0.25) is 0 Å². The number of hydrogen-bond acceptors (Lipinski definition) is 2. The van der Waals surface area contributed by atoms with E-state index in [1.807, 2.05) is 0 Å². The molecule has 0 heterocycles. The largest absolute Gasteiger partial charge is 0.328 e. The molecule has 0 saturated heterocycles. The summed E-state index contributed by atoms with van der Waals surface area (Å²) in [5.74, 6) is 0. The van der Waals surface area contributed by atoms with Crippen molar-refractivity contribution in [1.29, 1.82) is 0 Å². The SMILES string of the molecule is NCC(N)(P(c1ccccc1)c1ccccc1)P(c1ccccc1)c1ccccc1. The standard InChI is InChI=1S/C26H26N2P2/c27-21-26(28,29(22-13-5-1-6-14-22)23-15-7-2-8-16-23)30(24-17-9-3-10-18-24)25-19-11-4-12-20-25/h1-20H,21,27-28H2. The van der Waals surface area contributed by atoms with Gasteiger partial charge in [0.05, 0.1) is 5.02 Å². The molecule has 4 aromatic carbocycles. The van der Waals surface area contributed by atoms with Crippen molar-refractivity contribution >= 4 is 37.1 Å². The third-order valence-electron chi connectivity index (χ3n) is 5.13. The summed E-state index contributed by atoms with van der Waals surface area (Å²) in [7, 11) is -1.80. The van der Waals surface area contributed by atoms with E-state index in [0.29, 0.717) is 6.54 Å². The van der Waals surface area contributed by atoms with E-state index in [1.54, 1.807) is 0 Å². The number of rotatable bonds is 7. The minimum Gasteiger partial charge on any atom is -0.328 e. The second kappa shape index (κ2) is 9.65. The first-order valence-electron chi connectivity index (χ1n) is 10.0. The van der Waals surface area contributed by atoms with Crippen molar-refractivity contribution in [2.24, 2.45) is 11.5 Å². The molecule has 30 heavy (non-hydrogen) atoms. The topological polar surface area (TPSA) is 52.0 Å². The van der Waals surface area contributed by atoms with Crippen LogP contribution in [0.2, 0.25) is 0 Å². The van der Waals surface area contributed by atoms with Gasteiger partial charge >= 0.3 is 0 Å². The average Bonchev–Trinajstić information content (AvgIpc) is 2.82. The smallest absolute Gasteiger partial charge is 0.0842 e. The minimum atomic E-state index is -0.901. The monoisotopic (exact) mass is 428 g/mol. The van der Waals surface area contributed by atoms with Crippen LogP contribution < -0.4 is 32.7 Å². The lowest BCUT2D eigenvalue weighted by Gasteiger charge is -2.44.